The molecule has 1 aromatic heterocycles. The normalized spacial score (nSPS) is 15.3. The molecule has 2 aromatic rings. The summed E-state index contributed by atoms with van der Waals surface area (Å²) in [4.78, 5) is 0. The Morgan fingerprint density at radius 2 is 1.86 bits per heavy atom. The van der Waals surface area contributed by atoms with Gasteiger partial charge in [0.1, 0.15) is 0 Å². The lowest BCUT2D eigenvalue weighted by molar-refractivity contribution is -0.143. The number of para-hydroxylation sites is 1. The van der Waals surface area contributed by atoms with Crippen molar-refractivity contribution in [2.75, 3.05) is 0 Å². The quantitative estimate of drug-likeness (QED) is 0.932. The van der Waals surface area contributed by atoms with E-state index in [1.165, 1.54) is 6.20 Å². The van der Waals surface area contributed by atoms with Gasteiger partial charge in [-0.15, -0.1) is 0 Å². The van der Waals surface area contributed by atoms with E-state index in [0.29, 0.717) is 11.7 Å². The van der Waals surface area contributed by atoms with Crippen molar-refractivity contribution in [3.63, 3.8) is 0 Å². The highest BCUT2D eigenvalue weighted by atomic mass is 19.4. The molecular formula is C16H18F3N3. The van der Waals surface area contributed by atoms with Gasteiger partial charge in [-0.25, -0.2) is 4.68 Å². The van der Waals surface area contributed by atoms with Crippen LogP contribution in [0.4, 0.5) is 13.2 Å². The van der Waals surface area contributed by atoms with Crippen LogP contribution in [0.15, 0.2) is 24.4 Å². The Labute approximate surface area is 127 Å². The molecule has 0 amide bonds. The third-order valence-corrected chi connectivity index (χ3v) is 3.92. The first-order valence-corrected chi connectivity index (χ1v) is 7.32. The molecule has 1 N–H and O–H groups in total. The Kier molecular flexibility index (Phi) is 3.72. The number of alkyl halides is 3. The molecule has 1 fully saturated rings. The summed E-state index contributed by atoms with van der Waals surface area (Å²) in [6.07, 6.45) is -1.05. The average molecular weight is 309 g/mol. The standard InChI is InChI=1S/C16H18F3N3/c1-10-4-3-5-11(2)14(10)22-15(16(17,18)19)12(9-21-22)8-20-13-6-7-13/h3-5,9,13,20H,6-8H2,1-2H3. The van der Waals surface area contributed by atoms with Crippen LogP contribution in [0.2, 0.25) is 0 Å². The highest BCUT2D eigenvalue weighted by Gasteiger charge is 2.39. The van der Waals surface area contributed by atoms with E-state index < -0.39 is 11.9 Å². The first kappa shape index (κ1) is 15.1. The molecule has 0 atom stereocenters. The molecule has 1 aromatic carbocycles. The molecule has 0 spiro atoms. The average Bonchev–Trinajstić information content (AvgIpc) is 3.15. The number of hydrogen-bond acceptors (Lipinski definition) is 2. The van der Waals surface area contributed by atoms with Gasteiger partial charge in [-0.2, -0.15) is 18.3 Å². The number of nitrogens with zero attached hydrogens (tertiary/aromatic N) is 2. The summed E-state index contributed by atoms with van der Waals surface area (Å²) in [6, 6.07) is 5.78. The summed E-state index contributed by atoms with van der Waals surface area (Å²) >= 11 is 0. The van der Waals surface area contributed by atoms with E-state index in [2.05, 4.69) is 10.4 Å². The van der Waals surface area contributed by atoms with Crippen molar-refractivity contribution in [1.82, 2.24) is 15.1 Å². The Hall–Kier alpha value is -1.82. The van der Waals surface area contributed by atoms with Crippen LogP contribution in [0.3, 0.4) is 0 Å². The van der Waals surface area contributed by atoms with E-state index in [1.54, 1.807) is 26.0 Å². The maximum absolute atomic E-state index is 13.5. The predicted molar refractivity (Wildman–Crippen MR) is 77.9 cm³/mol. The molecular weight excluding hydrogens is 291 g/mol. The van der Waals surface area contributed by atoms with Crippen LogP contribution in [0.5, 0.6) is 0 Å². The summed E-state index contributed by atoms with van der Waals surface area (Å²) in [5, 5.41) is 7.16. The van der Waals surface area contributed by atoms with Crippen molar-refractivity contribution in [2.45, 2.75) is 45.5 Å². The minimum absolute atomic E-state index is 0.196. The maximum atomic E-state index is 13.5. The number of hydrogen-bond donors (Lipinski definition) is 1. The van der Waals surface area contributed by atoms with Crippen molar-refractivity contribution in [2.24, 2.45) is 0 Å². The lowest BCUT2D eigenvalue weighted by Crippen LogP contribution is -2.21. The Bertz CT molecular complexity index is 664. The molecule has 0 bridgehead atoms. The van der Waals surface area contributed by atoms with Crippen molar-refractivity contribution in [1.29, 1.82) is 0 Å². The van der Waals surface area contributed by atoms with E-state index in [-0.39, 0.29) is 12.1 Å². The van der Waals surface area contributed by atoms with Crippen molar-refractivity contribution in [3.8, 4) is 5.69 Å². The van der Waals surface area contributed by atoms with E-state index in [9.17, 15) is 13.2 Å². The van der Waals surface area contributed by atoms with Crippen molar-refractivity contribution in [3.05, 3.63) is 46.8 Å². The smallest absolute Gasteiger partial charge is 0.310 e. The van der Waals surface area contributed by atoms with Crippen LogP contribution in [-0.2, 0) is 12.7 Å². The molecule has 3 nitrogen and oxygen atoms in total. The van der Waals surface area contributed by atoms with Crippen molar-refractivity contribution < 1.29 is 13.2 Å². The van der Waals surface area contributed by atoms with Crippen LogP contribution >= 0.6 is 0 Å². The zero-order valence-corrected chi connectivity index (χ0v) is 12.5. The molecule has 0 aliphatic heterocycles. The third kappa shape index (κ3) is 2.88. The molecule has 6 heteroatoms. The van der Waals surface area contributed by atoms with E-state index in [1.807, 2.05) is 6.07 Å². The SMILES string of the molecule is Cc1cccc(C)c1-n1ncc(CNC2CC2)c1C(F)(F)F. The van der Waals surface area contributed by atoms with Gasteiger partial charge in [0.25, 0.3) is 0 Å². The molecule has 22 heavy (non-hydrogen) atoms. The van der Waals surface area contributed by atoms with Gasteiger partial charge in [-0.3, -0.25) is 0 Å². The van der Waals surface area contributed by atoms with Gasteiger partial charge in [0.15, 0.2) is 5.69 Å². The molecule has 118 valence electrons. The minimum atomic E-state index is -4.44. The minimum Gasteiger partial charge on any atom is -0.310 e. The predicted octanol–water partition coefficient (Wildman–Crippen LogP) is 3.76. The topological polar surface area (TPSA) is 29.9 Å². The second-order valence-electron chi connectivity index (χ2n) is 5.82. The monoisotopic (exact) mass is 309 g/mol. The number of aryl methyl sites for hydroxylation is 2. The summed E-state index contributed by atoms with van der Waals surface area (Å²) < 4.78 is 41.7. The van der Waals surface area contributed by atoms with Gasteiger partial charge in [0, 0.05) is 18.2 Å². The molecule has 3 rings (SSSR count). The molecule has 0 saturated heterocycles. The van der Waals surface area contributed by atoms with Gasteiger partial charge in [-0.1, -0.05) is 18.2 Å². The highest BCUT2D eigenvalue weighted by Crippen LogP contribution is 2.35. The van der Waals surface area contributed by atoms with Gasteiger partial charge in [-0.05, 0) is 37.8 Å². The summed E-state index contributed by atoms with van der Waals surface area (Å²) in [5.74, 6) is 0. The molecule has 0 radical (unpaired) electrons. The molecule has 1 aliphatic carbocycles. The van der Waals surface area contributed by atoms with E-state index in [4.69, 9.17) is 0 Å². The Morgan fingerprint density at radius 3 is 2.41 bits per heavy atom. The van der Waals surface area contributed by atoms with Crippen LogP contribution in [0, 0.1) is 13.8 Å². The zero-order chi connectivity index (χ0) is 15.9. The van der Waals surface area contributed by atoms with Gasteiger partial charge < -0.3 is 5.32 Å². The molecule has 0 unspecified atom stereocenters. The van der Waals surface area contributed by atoms with Crippen LogP contribution in [0.25, 0.3) is 5.69 Å². The number of halogens is 3. The van der Waals surface area contributed by atoms with Gasteiger partial charge in [0.05, 0.1) is 11.9 Å². The van der Waals surface area contributed by atoms with Crippen LogP contribution in [-0.4, -0.2) is 15.8 Å². The second-order valence-corrected chi connectivity index (χ2v) is 5.82. The first-order valence-electron chi connectivity index (χ1n) is 7.32. The maximum Gasteiger partial charge on any atom is 0.433 e. The fourth-order valence-electron chi connectivity index (χ4n) is 2.66. The van der Waals surface area contributed by atoms with E-state index >= 15 is 0 Å². The summed E-state index contributed by atoms with van der Waals surface area (Å²) in [7, 11) is 0. The molecule has 1 saturated carbocycles. The number of rotatable bonds is 4. The Morgan fingerprint density at radius 1 is 1.23 bits per heavy atom. The lowest BCUT2D eigenvalue weighted by atomic mass is 10.1. The molecule has 1 heterocycles. The third-order valence-electron chi connectivity index (χ3n) is 3.92. The number of nitrogens with one attached hydrogen (secondary N) is 1. The summed E-state index contributed by atoms with van der Waals surface area (Å²) in [5.41, 5.74) is 1.57. The van der Waals surface area contributed by atoms with Gasteiger partial charge >= 0.3 is 6.18 Å². The fraction of sp³-hybridized carbons (Fsp3) is 0.438. The van der Waals surface area contributed by atoms with Crippen LogP contribution in [0.1, 0.15) is 35.2 Å². The largest absolute Gasteiger partial charge is 0.433 e. The summed E-state index contributed by atoms with van der Waals surface area (Å²) in [6.45, 7) is 3.79. The lowest BCUT2D eigenvalue weighted by Gasteiger charge is -2.16. The second kappa shape index (κ2) is 5.43. The molecule has 1 aliphatic rings. The first-order chi connectivity index (χ1) is 10.4. The van der Waals surface area contributed by atoms with Gasteiger partial charge in [0.2, 0.25) is 0 Å². The fourth-order valence-corrected chi connectivity index (χ4v) is 2.66. The Balaban J connectivity index is 2.07. The number of aromatic nitrogens is 2. The van der Waals surface area contributed by atoms with Crippen LogP contribution < -0.4 is 5.32 Å². The number of benzene rings is 1. The van der Waals surface area contributed by atoms with E-state index in [0.717, 1.165) is 28.7 Å². The zero-order valence-electron chi connectivity index (χ0n) is 12.5. The highest BCUT2D eigenvalue weighted by molar-refractivity contribution is 5.48. The van der Waals surface area contributed by atoms with Crippen molar-refractivity contribution >= 4 is 0 Å².